The molecule has 0 radical (unpaired) electrons. The number of carbonyl (C=O) groups is 1. The first kappa shape index (κ1) is 13.7. The molecule has 0 spiro atoms. The first-order chi connectivity index (χ1) is 7.86. The Morgan fingerprint density at radius 2 is 2.18 bits per heavy atom. The van der Waals surface area contributed by atoms with E-state index in [0.717, 1.165) is 6.92 Å². The van der Waals surface area contributed by atoms with Crippen molar-refractivity contribution in [2.24, 2.45) is 7.05 Å². The van der Waals surface area contributed by atoms with Crippen molar-refractivity contribution >= 4 is 16.1 Å². The van der Waals surface area contributed by atoms with Gasteiger partial charge in [0.05, 0.1) is 7.05 Å². The van der Waals surface area contributed by atoms with Crippen LogP contribution in [0.15, 0.2) is 18.7 Å². The smallest absolute Gasteiger partial charge is 0.343 e. The average Bonchev–Trinajstić information content (AvgIpc) is 2.58. The topological polar surface area (TPSA) is 69.2 Å². The van der Waals surface area contributed by atoms with Gasteiger partial charge >= 0.3 is 16.1 Å². The molecule has 1 aromatic rings. The molecule has 0 fully saturated rings. The van der Waals surface area contributed by atoms with E-state index in [-0.39, 0.29) is 0 Å². The van der Waals surface area contributed by atoms with Crippen molar-refractivity contribution in [3.63, 3.8) is 0 Å². The van der Waals surface area contributed by atoms with Crippen molar-refractivity contribution in [2.75, 3.05) is 0 Å². The molecule has 0 amide bonds. The van der Waals surface area contributed by atoms with Crippen LogP contribution < -0.4 is 4.57 Å². The normalized spacial score (nSPS) is 13.4. The summed E-state index contributed by atoms with van der Waals surface area (Å²) in [6.07, 6.45) is 6.08. The van der Waals surface area contributed by atoms with Crippen molar-refractivity contribution in [1.82, 2.24) is 4.57 Å². The molecule has 0 aliphatic heterocycles. The Bertz CT molecular complexity index is 492. The van der Waals surface area contributed by atoms with Crippen molar-refractivity contribution in [2.45, 2.75) is 32.1 Å². The average molecular weight is 261 g/mol. The predicted molar refractivity (Wildman–Crippen MR) is 60.2 cm³/mol. The zero-order valence-corrected chi connectivity index (χ0v) is 11.0. The molecule has 0 N–H and O–H groups in total. The number of aryl methyl sites for hydroxylation is 1. The summed E-state index contributed by atoms with van der Waals surface area (Å²) in [5, 5.41) is -0.863. The van der Waals surface area contributed by atoms with Crippen LogP contribution in [0.1, 0.15) is 32.1 Å². The summed E-state index contributed by atoms with van der Waals surface area (Å²) in [6, 6.07) is 0. The van der Waals surface area contributed by atoms with Crippen molar-refractivity contribution in [3.05, 3.63) is 18.7 Å². The third kappa shape index (κ3) is 3.55. The SMILES string of the molecule is CCCC([n+]1ccn(C)c1)S(=O)(=O)OC(C)=O. The van der Waals surface area contributed by atoms with Crippen molar-refractivity contribution in [1.29, 1.82) is 0 Å². The van der Waals surface area contributed by atoms with Gasteiger partial charge in [0.1, 0.15) is 12.4 Å². The molecule has 1 rings (SSSR count). The van der Waals surface area contributed by atoms with Gasteiger partial charge in [0.2, 0.25) is 11.7 Å². The summed E-state index contributed by atoms with van der Waals surface area (Å²) < 4.78 is 31.4. The van der Waals surface area contributed by atoms with Gasteiger partial charge < -0.3 is 4.18 Å². The van der Waals surface area contributed by atoms with Gasteiger partial charge in [-0.1, -0.05) is 13.3 Å². The van der Waals surface area contributed by atoms with Gasteiger partial charge in [-0.25, -0.2) is 9.13 Å². The summed E-state index contributed by atoms with van der Waals surface area (Å²) in [5.74, 6) is -0.817. The summed E-state index contributed by atoms with van der Waals surface area (Å²) in [7, 11) is -2.13. The molecule has 6 nitrogen and oxygen atoms in total. The van der Waals surface area contributed by atoms with Crippen molar-refractivity contribution in [3.8, 4) is 0 Å². The van der Waals surface area contributed by atoms with Crippen LogP contribution in [-0.4, -0.2) is 19.0 Å². The van der Waals surface area contributed by atoms with Gasteiger partial charge in [0.15, 0.2) is 0 Å². The molecule has 0 saturated carbocycles. The molecule has 7 heteroatoms. The summed E-state index contributed by atoms with van der Waals surface area (Å²) >= 11 is 0. The molecule has 1 heterocycles. The van der Waals surface area contributed by atoms with E-state index < -0.39 is 21.5 Å². The maximum absolute atomic E-state index is 11.9. The van der Waals surface area contributed by atoms with Gasteiger partial charge in [-0.2, -0.15) is 8.42 Å². The number of rotatable bonds is 5. The Hall–Kier alpha value is -1.37. The minimum absolute atomic E-state index is 0.393. The van der Waals surface area contributed by atoms with Gasteiger partial charge in [0, 0.05) is 13.3 Å². The third-order valence-corrected chi connectivity index (χ3v) is 3.84. The number of imidazole rings is 1. The second-order valence-electron chi connectivity index (χ2n) is 3.84. The predicted octanol–water partition coefficient (Wildman–Crippen LogP) is 0.504. The van der Waals surface area contributed by atoms with Gasteiger partial charge in [-0.3, -0.25) is 4.79 Å². The lowest BCUT2D eigenvalue weighted by Gasteiger charge is -2.12. The lowest BCUT2D eigenvalue weighted by Crippen LogP contribution is -2.43. The molecule has 1 atom stereocenters. The quantitative estimate of drug-likeness (QED) is 0.572. The van der Waals surface area contributed by atoms with Crippen LogP contribution in [0.3, 0.4) is 0 Å². The second kappa shape index (κ2) is 5.31. The standard InChI is InChI=1S/C10H17N2O4S/c1-4-5-10(12-7-6-11(3)8-12)17(14,15)16-9(2)13/h6-8,10H,4-5H2,1-3H3/q+1. The van der Waals surface area contributed by atoms with E-state index in [1.54, 1.807) is 30.3 Å². The van der Waals surface area contributed by atoms with Crippen LogP contribution in [0.2, 0.25) is 0 Å². The lowest BCUT2D eigenvalue weighted by molar-refractivity contribution is -0.702. The molecule has 0 aliphatic rings. The number of hydrogen-bond acceptors (Lipinski definition) is 4. The summed E-state index contributed by atoms with van der Waals surface area (Å²) in [5.41, 5.74) is 0. The number of nitrogens with zero attached hydrogens (tertiary/aromatic N) is 2. The fourth-order valence-corrected chi connectivity index (χ4v) is 2.93. The maximum atomic E-state index is 11.9. The highest BCUT2D eigenvalue weighted by Gasteiger charge is 2.33. The fraction of sp³-hybridized carbons (Fsp3) is 0.600. The molecule has 0 aromatic carbocycles. The minimum atomic E-state index is -3.92. The lowest BCUT2D eigenvalue weighted by atomic mass is 10.3. The largest absolute Gasteiger partial charge is 0.354 e. The molecule has 96 valence electrons. The van der Waals surface area contributed by atoms with Gasteiger partial charge in [-0.15, -0.1) is 0 Å². The highest BCUT2D eigenvalue weighted by molar-refractivity contribution is 7.86. The van der Waals surface area contributed by atoms with Crippen LogP contribution in [-0.2, 0) is 26.1 Å². The van der Waals surface area contributed by atoms with E-state index in [2.05, 4.69) is 4.18 Å². The number of hydrogen-bond donors (Lipinski definition) is 0. The van der Waals surface area contributed by atoms with E-state index in [0.29, 0.717) is 12.8 Å². The molecule has 0 saturated heterocycles. The fourth-order valence-electron chi connectivity index (χ4n) is 1.55. The third-order valence-electron chi connectivity index (χ3n) is 2.22. The second-order valence-corrected chi connectivity index (χ2v) is 5.53. The van der Waals surface area contributed by atoms with E-state index in [1.165, 1.54) is 4.57 Å². The Labute approximate surface area is 101 Å². The minimum Gasteiger partial charge on any atom is -0.343 e. The zero-order chi connectivity index (χ0) is 13.1. The van der Waals surface area contributed by atoms with Crippen LogP contribution in [0, 0.1) is 0 Å². The van der Waals surface area contributed by atoms with Crippen LogP contribution in [0.25, 0.3) is 0 Å². The molecular formula is C10H17N2O4S+. The van der Waals surface area contributed by atoms with E-state index in [9.17, 15) is 13.2 Å². The molecule has 17 heavy (non-hydrogen) atoms. The Kier molecular flexibility index (Phi) is 4.28. The van der Waals surface area contributed by atoms with Gasteiger partial charge in [0.25, 0.3) is 0 Å². The highest BCUT2D eigenvalue weighted by atomic mass is 32.2. The van der Waals surface area contributed by atoms with E-state index >= 15 is 0 Å². The molecule has 1 aromatic heterocycles. The van der Waals surface area contributed by atoms with Crippen LogP contribution in [0.4, 0.5) is 0 Å². The Morgan fingerprint density at radius 1 is 1.53 bits per heavy atom. The number of carbonyl (C=O) groups excluding carboxylic acids is 1. The zero-order valence-electron chi connectivity index (χ0n) is 10.2. The first-order valence-electron chi connectivity index (χ1n) is 5.33. The van der Waals surface area contributed by atoms with Crippen molar-refractivity contribution < 1.29 is 22.0 Å². The van der Waals surface area contributed by atoms with Crippen LogP contribution >= 0.6 is 0 Å². The van der Waals surface area contributed by atoms with Crippen LogP contribution in [0.5, 0.6) is 0 Å². The first-order valence-corrected chi connectivity index (χ1v) is 6.80. The van der Waals surface area contributed by atoms with E-state index in [1.807, 2.05) is 6.92 Å². The Morgan fingerprint density at radius 3 is 2.59 bits per heavy atom. The number of aromatic nitrogens is 2. The Balaban J connectivity index is 3.05. The molecular weight excluding hydrogens is 244 g/mol. The highest BCUT2D eigenvalue weighted by Crippen LogP contribution is 2.16. The molecule has 0 aliphatic carbocycles. The van der Waals surface area contributed by atoms with Gasteiger partial charge in [-0.05, 0) is 0 Å². The summed E-state index contributed by atoms with van der Waals surface area (Å²) in [4.78, 5) is 10.8. The monoisotopic (exact) mass is 261 g/mol. The molecule has 0 bridgehead atoms. The van der Waals surface area contributed by atoms with E-state index in [4.69, 9.17) is 0 Å². The molecule has 1 unspecified atom stereocenters. The maximum Gasteiger partial charge on any atom is 0.354 e. The summed E-state index contributed by atoms with van der Waals surface area (Å²) in [6.45, 7) is 2.95.